The monoisotopic (exact) mass is 687 g/mol. The molecule has 0 bridgehead atoms. The highest BCUT2D eigenvalue weighted by Crippen LogP contribution is 2.60. The number of carbonyl (C=O) groups excluding carboxylic acids is 3. The van der Waals surface area contributed by atoms with Crippen LogP contribution in [0.25, 0.3) is 0 Å². The van der Waals surface area contributed by atoms with Crippen LogP contribution in [-0.2, 0) is 26.5 Å². The Kier molecular flexibility index (Phi) is 9.09. The van der Waals surface area contributed by atoms with Crippen molar-refractivity contribution in [1.29, 1.82) is 0 Å². The highest BCUT2D eigenvalue weighted by Gasteiger charge is 2.66. The molecule has 0 saturated carbocycles. The van der Waals surface area contributed by atoms with Crippen molar-refractivity contribution in [2.45, 2.75) is 69.1 Å². The molecule has 13 nitrogen and oxygen atoms in total. The van der Waals surface area contributed by atoms with Gasteiger partial charge in [-0.05, 0) is 74.0 Å². The number of nitrogens with zero attached hydrogens (tertiary/aromatic N) is 3. The summed E-state index contributed by atoms with van der Waals surface area (Å²) in [5, 5.41) is 24.6. The van der Waals surface area contributed by atoms with Gasteiger partial charge < -0.3 is 35.5 Å². The van der Waals surface area contributed by atoms with E-state index >= 15 is 0 Å². The molecule has 0 aromatic heterocycles. The Morgan fingerprint density at radius 1 is 1.14 bits per heavy atom. The molecule has 3 heterocycles. The van der Waals surface area contributed by atoms with Gasteiger partial charge in [0.1, 0.15) is 0 Å². The first-order chi connectivity index (χ1) is 23.2. The lowest BCUT2D eigenvalue weighted by atomic mass is 9.82. The lowest BCUT2D eigenvalue weighted by molar-refractivity contribution is -0.385. The van der Waals surface area contributed by atoms with Crippen LogP contribution in [-0.4, -0.2) is 71.1 Å². The van der Waals surface area contributed by atoms with Crippen LogP contribution in [0, 0.1) is 16.0 Å². The molecule has 3 aromatic rings. The molecule has 14 heteroatoms. The van der Waals surface area contributed by atoms with E-state index in [1.165, 1.54) is 23.1 Å². The number of carbonyl (C=O) groups is 3. The number of aliphatic hydroxyl groups excluding tert-OH is 1. The maximum Gasteiger partial charge on any atom is 0.269 e. The summed E-state index contributed by atoms with van der Waals surface area (Å²) in [6.07, 6.45) is 0.520. The summed E-state index contributed by atoms with van der Waals surface area (Å²) >= 11 is 0. The van der Waals surface area contributed by atoms with Gasteiger partial charge >= 0.3 is 0 Å². The van der Waals surface area contributed by atoms with Gasteiger partial charge in [0.05, 0.1) is 42.3 Å². The van der Waals surface area contributed by atoms with Crippen molar-refractivity contribution in [3.63, 3.8) is 0 Å². The number of aliphatic hydroxyl groups is 1. The van der Waals surface area contributed by atoms with Crippen molar-refractivity contribution in [2.24, 2.45) is 5.92 Å². The summed E-state index contributed by atoms with van der Waals surface area (Å²) in [5.74, 6) is -1.64. The molecule has 49 heavy (non-hydrogen) atoms. The number of non-ortho nitro benzene ring substituents is 1. The van der Waals surface area contributed by atoms with Crippen LogP contribution in [0.3, 0.4) is 0 Å². The van der Waals surface area contributed by atoms with Gasteiger partial charge in [-0.1, -0.05) is 19.1 Å². The van der Waals surface area contributed by atoms with E-state index in [2.05, 4.69) is 5.32 Å². The zero-order valence-corrected chi connectivity index (χ0v) is 28.7. The van der Waals surface area contributed by atoms with Gasteiger partial charge in [-0.2, -0.15) is 0 Å². The molecule has 258 valence electrons. The number of nitrogens with two attached hydrogens (primary N) is 1. The predicted octanol–water partition coefficient (Wildman–Crippen LogP) is 4.15. The van der Waals surface area contributed by atoms with Crippen LogP contribution in [0.2, 0.25) is 18.6 Å². The maximum absolute atomic E-state index is 14.8. The van der Waals surface area contributed by atoms with Crippen molar-refractivity contribution >= 4 is 48.8 Å². The van der Waals surface area contributed by atoms with Crippen molar-refractivity contribution in [3.8, 4) is 0 Å². The van der Waals surface area contributed by atoms with Gasteiger partial charge in [-0.15, -0.1) is 0 Å². The largest absolute Gasteiger partial charge is 0.432 e. The zero-order valence-electron chi connectivity index (χ0n) is 27.7. The molecule has 0 radical (unpaired) electrons. The lowest BCUT2D eigenvalue weighted by Gasteiger charge is -2.32. The Morgan fingerprint density at radius 2 is 1.88 bits per heavy atom. The second-order valence-corrected chi connectivity index (χ2v) is 17.7. The lowest BCUT2D eigenvalue weighted by Crippen LogP contribution is -2.46. The quantitative estimate of drug-likeness (QED) is 0.111. The molecule has 3 aromatic carbocycles. The standard InChI is InChI=1S/C35H41N5O8Si/c1-21-32(49(2,3)47)30(18-31(42)38-15-5-8-27(38)20-41)48-35(21)28-17-26(40(45)46)13-14-29(28)39(34(35)44)19-22-6-4-7-25(16-22)37-33(43)23-9-11-24(36)12-10-23/h4,6-7,9-14,16-17,21,27,30,32,41,47H,5,8,15,18-20,36H2,1-3H3,(H,37,43)/t21-,27-,30+,32-,35+/m0/s1. The number of ether oxygens (including phenoxy) is 1. The number of benzene rings is 3. The van der Waals surface area contributed by atoms with Crippen molar-refractivity contribution in [2.75, 3.05) is 29.1 Å². The fourth-order valence-electron chi connectivity index (χ4n) is 7.95. The number of fused-ring (bicyclic) bond motifs is 2. The minimum Gasteiger partial charge on any atom is -0.432 e. The van der Waals surface area contributed by atoms with Gasteiger partial charge in [0.25, 0.3) is 17.5 Å². The van der Waals surface area contributed by atoms with Gasteiger partial charge in [-0.3, -0.25) is 24.5 Å². The average Bonchev–Trinajstić information content (AvgIpc) is 3.71. The average molecular weight is 688 g/mol. The molecular weight excluding hydrogens is 646 g/mol. The van der Waals surface area contributed by atoms with E-state index in [4.69, 9.17) is 10.5 Å². The molecule has 2 fully saturated rings. The third kappa shape index (κ3) is 6.20. The summed E-state index contributed by atoms with van der Waals surface area (Å²) in [6, 6.07) is 17.5. The summed E-state index contributed by atoms with van der Waals surface area (Å²) < 4.78 is 6.72. The van der Waals surface area contributed by atoms with Crippen LogP contribution in [0.5, 0.6) is 0 Å². The molecule has 1 spiro atoms. The Hall–Kier alpha value is -4.63. The SMILES string of the molecule is C[C@H]1[C@H]([Si](C)(C)O)[C@@H](CC(=O)N2CCC[C@H]2CO)O[C@]12C(=O)N(Cc1cccc(NC(=O)c3ccc(N)cc3)c1)c1ccc([N+](=O)[O-])cc12. The fourth-order valence-corrected chi connectivity index (χ4v) is 10.5. The molecule has 5 N–H and O–H groups in total. The van der Waals surface area contributed by atoms with E-state index in [1.807, 2.05) is 13.0 Å². The zero-order chi connectivity index (χ0) is 35.2. The number of hydrogen-bond donors (Lipinski definition) is 4. The number of likely N-dealkylation sites (tertiary alicyclic amines) is 1. The second-order valence-electron chi connectivity index (χ2n) is 13.8. The first kappa shape index (κ1) is 34.2. The Balaban J connectivity index is 1.34. The third-order valence-electron chi connectivity index (χ3n) is 10.2. The summed E-state index contributed by atoms with van der Waals surface area (Å²) in [6.45, 7) is 5.71. The van der Waals surface area contributed by atoms with Crippen LogP contribution < -0.4 is 16.0 Å². The minimum atomic E-state index is -3.11. The van der Waals surface area contributed by atoms with Gasteiger partial charge in [-0.25, -0.2) is 0 Å². The molecule has 6 rings (SSSR count). The van der Waals surface area contributed by atoms with Gasteiger partial charge in [0.2, 0.25) is 5.91 Å². The smallest absolute Gasteiger partial charge is 0.269 e. The summed E-state index contributed by atoms with van der Waals surface area (Å²) in [4.78, 5) is 67.4. The van der Waals surface area contributed by atoms with E-state index in [0.717, 1.165) is 6.42 Å². The molecule has 3 amide bonds. The topological polar surface area (TPSA) is 189 Å². The third-order valence-corrected chi connectivity index (χ3v) is 12.7. The number of rotatable bonds is 9. The van der Waals surface area contributed by atoms with Crippen molar-refractivity contribution in [3.05, 3.63) is 93.5 Å². The van der Waals surface area contributed by atoms with Gasteiger partial charge in [0, 0.05) is 52.6 Å². The maximum atomic E-state index is 14.8. The van der Waals surface area contributed by atoms with E-state index in [0.29, 0.717) is 46.7 Å². The molecule has 2 saturated heterocycles. The van der Waals surface area contributed by atoms with E-state index < -0.39 is 42.3 Å². The molecule has 3 aliphatic heterocycles. The highest BCUT2D eigenvalue weighted by molar-refractivity contribution is 6.71. The Bertz CT molecular complexity index is 1800. The Morgan fingerprint density at radius 3 is 2.55 bits per heavy atom. The van der Waals surface area contributed by atoms with Gasteiger partial charge in [0.15, 0.2) is 13.9 Å². The van der Waals surface area contributed by atoms with Crippen molar-refractivity contribution in [1.82, 2.24) is 4.90 Å². The molecule has 3 aliphatic rings. The minimum absolute atomic E-state index is 0.0627. The number of nitrogen functional groups attached to an aromatic ring is 1. The van der Waals surface area contributed by atoms with Crippen molar-refractivity contribution < 1.29 is 33.9 Å². The number of anilines is 3. The normalized spacial score (nSPS) is 24.8. The van der Waals surface area contributed by atoms with Crippen LogP contribution in [0.15, 0.2) is 66.7 Å². The molecule has 0 aliphatic carbocycles. The number of amides is 3. The Labute approximate surface area is 284 Å². The first-order valence-corrected chi connectivity index (χ1v) is 19.4. The van der Waals surface area contributed by atoms with E-state index in [1.54, 1.807) is 60.5 Å². The van der Waals surface area contributed by atoms with Crippen LogP contribution in [0.1, 0.15) is 47.7 Å². The summed E-state index contributed by atoms with van der Waals surface area (Å²) in [7, 11) is -3.11. The van der Waals surface area contributed by atoms with E-state index in [9.17, 15) is 34.4 Å². The van der Waals surface area contributed by atoms with E-state index in [-0.39, 0.29) is 43.1 Å². The molecular formula is C35H41N5O8Si. The first-order valence-electron chi connectivity index (χ1n) is 16.4. The predicted molar refractivity (Wildman–Crippen MR) is 185 cm³/mol. The number of nitrogens with one attached hydrogen (secondary N) is 1. The summed E-state index contributed by atoms with van der Waals surface area (Å²) in [5.41, 5.74) is 6.18. The number of nitro groups is 1. The van der Waals surface area contributed by atoms with Crippen LogP contribution >= 0.6 is 0 Å². The molecule has 0 unspecified atom stereocenters. The fraction of sp³-hybridized carbons (Fsp3) is 0.400. The highest BCUT2D eigenvalue weighted by atomic mass is 28.4. The number of nitro benzene ring substituents is 1. The second kappa shape index (κ2) is 13.0. The molecule has 5 atom stereocenters. The number of hydrogen-bond acceptors (Lipinski definition) is 9. The van der Waals surface area contributed by atoms with Crippen LogP contribution in [0.4, 0.5) is 22.7 Å².